The lowest BCUT2D eigenvalue weighted by atomic mass is 10.2. The van der Waals surface area contributed by atoms with Gasteiger partial charge in [0.15, 0.2) is 0 Å². The van der Waals surface area contributed by atoms with Crippen molar-refractivity contribution in [2.75, 3.05) is 6.54 Å². The van der Waals surface area contributed by atoms with E-state index in [9.17, 15) is 9.59 Å². The third-order valence-electron chi connectivity index (χ3n) is 3.43. The minimum absolute atomic E-state index is 0.0152. The van der Waals surface area contributed by atoms with E-state index in [-0.39, 0.29) is 24.6 Å². The summed E-state index contributed by atoms with van der Waals surface area (Å²) in [4.78, 5) is 28.8. The fourth-order valence-electron chi connectivity index (χ4n) is 1.96. The minimum Gasteiger partial charge on any atom is -0.480 e. The highest BCUT2D eigenvalue weighted by molar-refractivity contribution is 5.96. The van der Waals surface area contributed by atoms with E-state index >= 15 is 0 Å². The first-order valence-electron chi connectivity index (χ1n) is 7.16. The van der Waals surface area contributed by atoms with E-state index in [2.05, 4.69) is 4.98 Å². The maximum atomic E-state index is 12.4. The molecule has 1 heterocycles. The summed E-state index contributed by atoms with van der Waals surface area (Å²) in [6.45, 7) is 3.66. The van der Waals surface area contributed by atoms with Gasteiger partial charge in [0, 0.05) is 23.9 Å². The van der Waals surface area contributed by atoms with Crippen LogP contribution < -0.4 is 4.74 Å². The summed E-state index contributed by atoms with van der Waals surface area (Å²) < 4.78 is 5.59. The zero-order valence-corrected chi connectivity index (χ0v) is 12.3. The fraction of sp³-hybridized carbons (Fsp3) is 0.533. The van der Waals surface area contributed by atoms with Crippen molar-refractivity contribution in [3.05, 3.63) is 23.9 Å². The van der Waals surface area contributed by atoms with Gasteiger partial charge in [-0.05, 0) is 32.3 Å². The van der Waals surface area contributed by atoms with Crippen LogP contribution >= 0.6 is 0 Å². The van der Waals surface area contributed by atoms with Crippen molar-refractivity contribution in [3.63, 3.8) is 0 Å². The van der Waals surface area contributed by atoms with E-state index < -0.39 is 5.97 Å². The van der Waals surface area contributed by atoms with Gasteiger partial charge >= 0.3 is 5.97 Å². The van der Waals surface area contributed by atoms with Crippen LogP contribution in [0, 0.1) is 0 Å². The van der Waals surface area contributed by atoms with Crippen LogP contribution in [0.5, 0.6) is 5.88 Å². The van der Waals surface area contributed by atoms with Gasteiger partial charge in [0.05, 0.1) is 6.10 Å². The number of aliphatic carboxylic acids is 1. The van der Waals surface area contributed by atoms with Crippen molar-refractivity contribution >= 4 is 11.9 Å². The highest BCUT2D eigenvalue weighted by Gasteiger charge is 2.34. The molecule has 114 valence electrons. The van der Waals surface area contributed by atoms with Crippen molar-refractivity contribution in [2.45, 2.75) is 45.3 Å². The molecule has 6 nitrogen and oxygen atoms in total. The molecule has 0 bridgehead atoms. The summed E-state index contributed by atoms with van der Waals surface area (Å²) in [6, 6.07) is 3.20. The monoisotopic (exact) mass is 292 g/mol. The molecule has 1 atom stereocenters. The maximum Gasteiger partial charge on any atom is 0.323 e. The standard InChI is InChI=1S/C15H20N2O4/c1-3-10(2)21-13-8-11(6-7-16-13)15(20)17(9-14(18)19)12-4-5-12/h6-8,10,12H,3-5,9H2,1-2H3,(H,18,19). The van der Waals surface area contributed by atoms with Crippen LogP contribution in [-0.2, 0) is 4.79 Å². The zero-order valence-electron chi connectivity index (χ0n) is 12.3. The van der Waals surface area contributed by atoms with Crippen LogP contribution in [0.25, 0.3) is 0 Å². The molecule has 0 saturated heterocycles. The SMILES string of the molecule is CCC(C)Oc1cc(C(=O)N(CC(=O)O)C2CC2)ccn1. The van der Waals surface area contributed by atoms with Gasteiger partial charge in [0.1, 0.15) is 6.54 Å². The van der Waals surface area contributed by atoms with E-state index in [4.69, 9.17) is 9.84 Å². The van der Waals surface area contributed by atoms with E-state index in [0.717, 1.165) is 19.3 Å². The predicted molar refractivity (Wildman–Crippen MR) is 76.3 cm³/mol. The Hall–Kier alpha value is -2.11. The Bertz CT molecular complexity index is 528. The number of hydrogen-bond donors (Lipinski definition) is 1. The Morgan fingerprint density at radius 1 is 1.52 bits per heavy atom. The lowest BCUT2D eigenvalue weighted by molar-refractivity contribution is -0.137. The number of pyridine rings is 1. The van der Waals surface area contributed by atoms with Gasteiger partial charge in [-0.25, -0.2) is 4.98 Å². The highest BCUT2D eigenvalue weighted by Crippen LogP contribution is 2.28. The summed E-state index contributed by atoms with van der Waals surface area (Å²) in [5, 5.41) is 8.93. The number of nitrogens with zero attached hydrogens (tertiary/aromatic N) is 2. The Labute approximate surface area is 123 Å². The summed E-state index contributed by atoms with van der Waals surface area (Å²) in [5.74, 6) is -0.891. The molecule has 1 aromatic heterocycles. The first kappa shape index (κ1) is 15.3. The predicted octanol–water partition coefficient (Wildman–Crippen LogP) is 1.95. The molecule has 0 aliphatic heterocycles. The van der Waals surface area contributed by atoms with Gasteiger partial charge in [0.25, 0.3) is 5.91 Å². The molecule has 1 saturated carbocycles. The highest BCUT2D eigenvalue weighted by atomic mass is 16.5. The number of ether oxygens (including phenoxy) is 1. The second-order valence-corrected chi connectivity index (χ2v) is 5.28. The molecule has 1 N–H and O–H groups in total. The van der Waals surface area contributed by atoms with Crippen molar-refractivity contribution < 1.29 is 19.4 Å². The summed E-state index contributed by atoms with van der Waals surface area (Å²) in [5.41, 5.74) is 0.413. The van der Waals surface area contributed by atoms with Gasteiger partial charge in [0.2, 0.25) is 5.88 Å². The van der Waals surface area contributed by atoms with Gasteiger partial charge in [-0.1, -0.05) is 6.92 Å². The Morgan fingerprint density at radius 2 is 2.24 bits per heavy atom. The summed E-state index contributed by atoms with van der Waals surface area (Å²) >= 11 is 0. The molecule has 1 aliphatic rings. The number of carbonyl (C=O) groups is 2. The number of carbonyl (C=O) groups excluding carboxylic acids is 1. The van der Waals surface area contributed by atoms with Crippen LogP contribution in [-0.4, -0.2) is 45.6 Å². The van der Waals surface area contributed by atoms with Gasteiger partial charge in [-0.2, -0.15) is 0 Å². The van der Waals surface area contributed by atoms with Crippen molar-refractivity contribution in [1.82, 2.24) is 9.88 Å². The minimum atomic E-state index is -1.000. The van der Waals surface area contributed by atoms with Crippen LogP contribution in [0.15, 0.2) is 18.3 Å². The van der Waals surface area contributed by atoms with Crippen molar-refractivity contribution in [2.24, 2.45) is 0 Å². The second-order valence-electron chi connectivity index (χ2n) is 5.28. The third-order valence-corrected chi connectivity index (χ3v) is 3.43. The molecule has 0 aromatic carbocycles. The van der Waals surface area contributed by atoms with Crippen LogP contribution in [0.3, 0.4) is 0 Å². The Kier molecular flexibility index (Phi) is 4.77. The molecule has 2 rings (SSSR count). The lowest BCUT2D eigenvalue weighted by Gasteiger charge is -2.20. The zero-order chi connectivity index (χ0) is 15.4. The molecule has 1 aromatic rings. The van der Waals surface area contributed by atoms with E-state index in [1.165, 1.54) is 11.1 Å². The van der Waals surface area contributed by atoms with Crippen LogP contribution in [0.2, 0.25) is 0 Å². The number of amides is 1. The third kappa shape index (κ3) is 4.18. The number of aromatic nitrogens is 1. The van der Waals surface area contributed by atoms with Crippen LogP contribution in [0.4, 0.5) is 0 Å². The molecular formula is C15H20N2O4. The average molecular weight is 292 g/mol. The molecule has 1 unspecified atom stereocenters. The van der Waals surface area contributed by atoms with Gasteiger partial charge < -0.3 is 14.7 Å². The van der Waals surface area contributed by atoms with Gasteiger partial charge in [-0.3, -0.25) is 9.59 Å². The van der Waals surface area contributed by atoms with E-state index in [1.807, 2.05) is 13.8 Å². The average Bonchev–Trinajstić information content (AvgIpc) is 3.28. The van der Waals surface area contributed by atoms with Crippen LogP contribution in [0.1, 0.15) is 43.5 Å². The largest absolute Gasteiger partial charge is 0.480 e. The molecular weight excluding hydrogens is 272 g/mol. The molecule has 6 heteroatoms. The number of carboxylic acid groups (broad SMARTS) is 1. The maximum absolute atomic E-state index is 12.4. The summed E-state index contributed by atoms with van der Waals surface area (Å²) in [6.07, 6.45) is 4.09. The molecule has 1 aliphatic carbocycles. The Morgan fingerprint density at radius 3 is 2.81 bits per heavy atom. The smallest absolute Gasteiger partial charge is 0.323 e. The normalized spacial score (nSPS) is 15.3. The number of hydrogen-bond acceptors (Lipinski definition) is 4. The molecule has 1 amide bonds. The fourth-order valence-corrected chi connectivity index (χ4v) is 1.96. The van der Waals surface area contributed by atoms with E-state index in [0.29, 0.717) is 11.4 Å². The first-order valence-corrected chi connectivity index (χ1v) is 7.16. The lowest BCUT2D eigenvalue weighted by Crippen LogP contribution is -2.37. The quantitative estimate of drug-likeness (QED) is 0.831. The molecule has 21 heavy (non-hydrogen) atoms. The second kappa shape index (κ2) is 6.56. The topological polar surface area (TPSA) is 79.7 Å². The molecule has 0 spiro atoms. The van der Waals surface area contributed by atoms with Crippen molar-refractivity contribution in [3.8, 4) is 5.88 Å². The molecule has 1 fully saturated rings. The van der Waals surface area contributed by atoms with Crippen molar-refractivity contribution in [1.29, 1.82) is 0 Å². The Balaban J connectivity index is 2.13. The summed E-state index contributed by atoms with van der Waals surface area (Å²) in [7, 11) is 0. The number of carboxylic acids is 1. The van der Waals surface area contributed by atoms with Gasteiger partial charge in [-0.15, -0.1) is 0 Å². The first-order chi connectivity index (χ1) is 10.0. The number of rotatable bonds is 7. The molecule has 0 radical (unpaired) electrons. The van der Waals surface area contributed by atoms with E-state index in [1.54, 1.807) is 12.1 Å².